The highest BCUT2D eigenvalue weighted by Crippen LogP contribution is 2.38. The number of ether oxygens (including phenoxy) is 2. The van der Waals surface area contributed by atoms with Crippen LogP contribution in [0, 0.1) is 0 Å². The zero-order valence-electron chi connectivity index (χ0n) is 12.9. The summed E-state index contributed by atoms with van der Waals surface area (Å²) in [6, 6.07) is 3.78. The molecule has 0 fully saturated rings. The molecule has 3 rings (SSSR count). The molecule has 0 aliphatic carbocycles. The lowest BCUT2D eigenvalue weighted by atomic mass is 10.1. The number of nitrogens with one attached hydrogen (secondary N) is 1. The third-order valence-corrected chi connectivity index (χ3v) is 3.51. The number of aromatic nitrogens is 2. The van der Waals surface area contributed by atoms with E-state index in [1.807, 2.05) is 26.0 Å². The maximum absolute atomic E-state index is 12.3. The summed E-state index contributed by atoms with van der Waals surface area (Å²) in [6.07, 6.45) is 4.20. The minimum Gasteiger partial charge on any atom is -0.492 e. The number of rotatable bonds is 4. The molecule has 1 N–H and O–H groups in total. The van der Waals surface area contributed by atoms with Gasteiger partial charge in [0.15, 0.2) is 0 Å². The van der Waals surface area contributed by atoms with Crippen LogP contribution in [0.2, 0.25) is 0 Å². The van der Waals surface area contributed by atoms with E-state index in [1.165, 1.54) is 6.20 Å². The average molecular weight is 301 g/mol. The van der Waals surface area contributed by atoms with E-state index >= 15 is 0 Å². The molecular weight excluding hydrogens is 282 g/mol. The van der Waals surface area contributed by atoms with Crippen LogP contribution in [-0.4, -0.2) is 28.4 Å². The fraction of sp³-hybridized carbons (Fsp3) is 0.375. The lowest BCUT2D eigenvalue weighted by molar-refractivity contribution is 0.102. The van der Waals surface area contributed by atoms with Crippen molar-refractivity contribution in [3.05, 3.63) is 35.7 Å². The number of nitrogens with zero attached hydrogens (tertiary/aromatic N) is 2. The Bertz CT molecular complexity index is 709. The summed E-state index contributed by atoms with van der Waals surface area (Å²) >= 11 is 0. The van der Waals surface area contributed by atoms with Gasteiger partial charge in [0.05, 0.1) is 24.1 Å². The topological polar surface area (TPSA) is 65.4 Å². The molecule has 22 heavy (non-hydrogen) atoms. The summed E-state index contributed by atoms with van der Waals surface area (Å²) in [7, 11) is 1.77. The Morgan fingerprint density at radius 1 is 1.55 bits per heavy atom. The highest BCUT2D eigenvalue weighted by atomic mass is 16.5. The van der Waals surface area contributed by atoms with E-state index in [0.717, 1.165) is 17.7 Å². The molecular formula is C16H19N3O3. The molecule has 1 atom stereocenters. The molecule has 0 bridgehead atoms. The van der Waals surface area contributed by atoms with Gasteiger partial charge in [0.2, 0.25) is 0 Å². The maximum Gasteiger partial charge on any atom is 0.258 e. The van der Waals surface area contributed by atoms with Crippen molar-refractivity contribution in [2.75, 3.05) is 11.9 Å². The molecule has 6 heteroatoms. The van der Waals surface area contributed by atoms with Gasteiger partial charge in [-0.1, -0.05) is 0 Å². The van der Waals surface area contributed by atoms with Crippen LogP contribution < -0.4 is 14.8 Å². The van der Waals surface area contributed by atoms with Gasteiger partial charge >= 0.3 is 0 Å². The molecule has 0 spiro atoms. The lowest BCUT2D eigenvalue weighted by Crippen LogP contribution is -2.12. The number of amides is 1. The van der Waals surface area contributed by atoms with Crippen molar-refractivity contribution >= 4 is 11.6 Å². The van der Waals surface area contributed by atoms with Gasteiger partial charge in [-0.05, 0) is 19.9 Å². The largest absolute Gasteiger partial charge is 0.492 e. The van der Waals surface area contributed by atoms with Gasteiger partial charge in [-0.3, -0.25) is 9.48 Å². The van der Waals surface area contributed by atoms with Crippen LogP contribution in [0.1, 0.15) is 29.8 Å². The van der Waals surface area contributed by atoms with E-state index in [9.17, 15) is 4.79 Å². The van der Waals surface area contributed by atoms with E-state index in [0.29, 0.717) is 23.6 Å². The van der Waals surface area contributed by atoms with Crippen LogP contribution in [0.25, 0.3) is 0 Å². The summed E-state index contributed by atoms with van der Waals surface area (Å²) in [5, 5.41) is 6.88. The number of carbonyl (C=O) groups excluding carboxylic acids is 1. The van der Waals surface area contributed by atoms with Crippen LogP contribution in [0.15, 0.2) is 24.5 Å². The molecule has 0 saturated carbocycles. The molecule has 1 amide bonds. The molecule has 1 aliphatic heterocycles. The van der Waals surface area contributed by atoms with Gasteiger partial charge in [0.1, 0.15) is 17.6 Å². The molecule has 2 aromatic rings. The van der Waals surface area contributed by atoms with Crippen molar-refractivity contribution in [3.8, 4) is 11.5 Å². The summed E-state index contributed by atoms with van der Waals surface area (Å²) in [6.45, 7) is 4.47. The summed E-state index contributed by atoms with van der Waals surface area (Å²) in [5.74, 6) is 1.24. The van der Waals surface area contributed by atoms with Crippen molar-refractivity contribution < 1.29 is 14.3 Å². The number of benzene rings is 1. The van der Waals surface area contributed by atoms with E-state index in [4.69, 9.17) is 9.47 Å². The van der Waals surface area contributed by atoms with Gasteiger partial charge < -0.3 is 14.8 Å². The van der Waals surface area contributed by atoms with Crippen molar-refractivity contribution in [2.45, 2.75) is 26.4 Å². The Kier molecular flexibility index (Phi) is 3.75. The first-order chi connectivity index (χ1) is 10.6. The number of hydrogen-bond acceptors (Lipinski definition) is 4. The highest BCUT2D eigenvalue weighted by molar-refractivity contribution is 6.04. The van der Waals surface area contributed by atoms with Crippen LogP contribution in [-0.2, 0) is 13.5 Å². The molecule has 0 radical (unpaired) electrons. The first-order valence-corrected chi connectivity index (χ1v) is 7.33. The number of hydrogen-bond donors (Lipinski definition) is 1. The Labute approximate surface area is 129 Å². The first-order valence-electron chi connectivity index (χ1n) is 7.33. The number of anilines is 1. The second kappa shape index (κ2) is 5.71. The molecule has 1 aromatic heterocycles. The monoisotopic (exact) mass is 301 g/mol. The molecule has 1 unspecified atom stereocenters. The lowest BCUT2D eigenvalue weighted by Gasteiger charge is -2.13. The Hall–Kier alpha value is -2.50. The number of carbonyl (C=O) groups is 1. The predicted octanol–water partition coefficient (Wildman–Crippen LogP) is 2.39. The molecule has 1 aromatic carbocycles. The first kappa shape index (κ1) is 14.4. The molecule has 6 nitrogen and oxygen atoms in total. The number of aryl methyl sites for hydroxylation is 1. The second-order valence-electron chi connectivity index (χ2n) is 5.38. The maximum atomic E-state index is 12.3. The van der Waals surface area contributed by atoms with Gasteiger partial charge in [-0.15, -0.1) is 0 Å². The Morgan fingerprint density at radius 3 is 3.05 bits per heavy atom. The fourth-order valence-electron chi connectivity index (χ4n) is 2.54. The third-order valence-electron chi connectivity index (χ3n) is 3.51. The summed E-state index contributed by atoms with van der Waals surface area (Å²) in [5.41, 5.74) is 2.22. The number of fused-ring (bicyclic) bond motifs is 1. The average Bonchev–Trinajstić information content (AvgIpc) is 3.04. The van der Waals surface area contributed by atoms with Crippen LogP contribution in [0.4, 0.5) is 5.69 Å². The predicted molar refractivity (Wildman–Crippen MR) is 82.6 cm³/mol. The Morgan fingerprint density at radius 2 is 2.36 bits per heavy atom. The Balaban J connectivity index is 1.89. The standard InChI is InChI=1S/C16H19N3O3/c1-4-21-15-6-11-5-10(2)22-14(11)7-13(15)18-16(20)12-8-17-19(3)9-12/h6-10H,4-5H2,1-3H3,(H,18,20). The van der Waals surface area contributed by atoms with Crippen molar-refractivity contribution in [1.82, 2.24) is 9.78 Å². The van der Waals surface area contributed by atoms with Crippen molar-refractivity contribution in [3.63, 3.8) is 0 Å². The molecule has 0 saturated heterocycles. The highest BCUT2D eigenvalue weighted by Gasteiger charge is 2.23. The normalized spacial score (nSPS) is 16.0. The van der Waals surface area contributed by atoms with E-state index in [2.05, 4.69) is 10.4 Å². The van der Waals surface area contributed by atoms with E-state index < -0.39 is 0 Å². The van der Waals surface area contributed by atoms with Gasteiger partial charge in [0.25, 0.3) is 5.91 Å². The molecule has 2 heterocycles. The van der Waals surface area contributed by atoms with Gasteiger partial charge in [-0.2, -0.15) is 5.10 Å². The fourth-order valence-corrected chi connectivity index (χ4v) is 2.54. The quantitative estimate of drug-likeness (QED) is 0.941. The minimum absolute atomic E-state index is 0.147. The van der Waals surface area contributed by atoms with Crippen molar-refractivity contribution in [1.29, 1.82) is 0 Å². The van der Waals surface area contributed by atoms with Crippen LogP contribution in [0.5, 0.6) is 11.5 Å². The van der Waals surface area contributed by atoms with Gasteiger partial charge in [0, 0.05) is 31.3 Å². The van der Waals surface area contributed by atoms with E-state index in [-0.39, 0.29) is 12.0 Å². The SMILES string of the molecule is CCOc1cc2c(cc1NC(=O)c1cnn(C)c1)OC(C)C2. The molecule has 116 valence electrons. The second-order valence-corrected chi connectivity index (χ2v) is 5.38. The van der Waals surface area contributed by atoms with Crippen LogP contribution >= 0.6 is 0 Å². The van der Waals surface area contributed by atoms with E-state index in [1.54, 1.807) is 17.9 Å². The smallest absolute Gasteiger partial charge is 0.258 e. The minimum atomic E-state index is -0.222. The zero-order valence-corrected chi connectivity index (χ0v) is 12.9. The third kappa shape index (κ3) is 2.77. The van der Waals surface area contributed by atoms with Crippen molar-refractivity contribution in [2.24, 2.45) is 7.05 Å². The molecule has 1 aliphatic rings. The summed E-state index contributed by atoms with van der Waals surface area (Å²) in [4.78, 5) is 12.3. The zero-order chi connectivity index (χ0) is 15.7. The summed E-state index contributed by atoms with van der Waals surface area (Å²) < 4.78 is 13.0. The van der Waals surface area contributed by atoms with Crippen LogP contribution in [0.3, 0.4) is 0 Å². The van der Waals surface area contributed by atoms with Gasteiger partial charge in [-0.25, -0.2) is 0 Å².